The standard InChI is InChI=1S/C16H18BrNOS/c1-3-13-8-9-16(20-13)15(19)11-18(2)10-12-6-4-5-7-14(12)17/h4-9H,3,10-11H2,1-2H3. The highest BCUT2D eigenvalue weighted by Gasteiger charge is 2.12. The van der Waals surface area contributed by atoms with E-state index in [-0.39, 0.29) is 5.78 Å². The van der Waals surface area contributed by atoms with Gasteiger partial charge in [-0.3, -0.25) is 9.69 Å². The fourth-order valence-corrected chi connectivity index (χ4v) is 3.30. The summed E-state index contributed by atoms with van der Waals surface area (Å²) in [6, 6.07) is 12.1. The Morgan fingerprint density at radius 3 is 2.65 bits per heavy atom. The zero-order valence-electron chi connectivity index (χ0n) is 11.7. The normalized spacial score (nSPS) is 11.0. The lowest BCUT2D eigenvalue weighted by molar-refractivity contribution is 0.0947. The Labute approximate surface area is 132 Å². The second-order valence-corrected chi connectivity index (χ2v) is 6.83. The molecule has 2 nitrogen and oxygen atoms in total. The number of Topliss-reactive ketones (excluding diaryl/α,β-unsaturated/α-hetero) is 1. The third-order valence-corrected chi connectivity index (χ3v) is 5.14. The molecule has 0 saturated carbocycles. The van der Waals surface area contributed by atoms with Crippen LogP contribution in [0.25, 0.3) is 0 Å². The molecule has 1 aromatic carbocycles. The van der Waals surface area contributed by atoms with E-state index in [1.165, 1.54) is 10.4 Å². The number of aryl methyl sites for hydroxylation is 1. The largest absolute Gasteiger partial charge is 0.295 e. The molecule has 0 aliphatic heterocycles. The molecule has 2 rings (SSSR count). The molecule has 1 heterocycles. The average Bonchev–Trinajstić information content (AvgIpc) is 2.90. The van der Waals surface area contributed by atoms with E-state index < -0.39 is 0 Å². The maximum atomic E-state index is 12.2. The minimum atomic E-state index is 0.198. The van der Waals surface area contributed by atoms with Crippen LogP contribution in [0, 0.1) is 0 Å². The van der Waals surface area contributed by atoms with Crippen LogP contribution in [0.4, 0.5) is 0 Å². The van der Waals surface area contributed by atoms with Crippen LogP contribution in [0.5, 0.6) is 0 Å². The molecule has 20 heavy (non-hydrogen) atoms. The number of rotatable bonds is 6. The van der Waals surface area contributed by atoms with Gasteiger partial charge in [-0.2, -0.15) is 0 Å². The lowest BCUT2D eigenvalue weighted by Gasteiger charge is -2.16. The van der Waals surface area contributed by atoms with Crippen LogP contribution in [0.1, 0.15) is 27.0 Å². The Balaban J connectivity index is 1.96. The summed E-state index contributed by atoms with van der Waals surface area (Å²) < 4.78 is 1.09. The van der Waals surface area contributed by atoms with Gasteiger partial charge >= 0.3 is 0 Å². The summed E-state index contributed by atoms with van der Waals surface area (Å²) in [6.07, 6.45) is 0.991. The summed E-state index contributed by atoms with van der Waals surface area (Å²) in [4.78, 5) is 16.4. The maximum Gasteiger partial charge on any atom is 0.186 e. The molecule has 0 fully saturated rings. The Morgan fingerprint density at radius 2 is 2.00 bits per heavy atom. The third kappa shape index (κ3) is 4.01. The molecule has 0 amide bonds. The van der Waals surface area contributed by atoms with Gasteiger partial charge in [0.25, 0.3) is 0 Å². The number of hydrogen-bond acceptors (Lipinski definition) is 3. The van der Waals surface area contributed by atoms with E-state index in [1.807, 2.05) is 42.3 Å². The zero-order chi connectivity index (χ0) is 14.5. The number of halogens is 1. The number of carbonyl (C=O) groups is 1. The summed E-state index contributed by atoms with van der Waals surface area (Å²) in [6.45, 7) is 3.32. The molecule has 0 spiro atoms. The number of likely N-dealkylation sites (N-methyl/N-ethyl adjacent to an activating group) is 1. The van der Waals surface area contributed by atoms with E-state index in [0.29, 0.717) is 6.54 Å². The van der Waals surface area contributed by atoms with Crippen molar-refractivity contribution in [1.82, 2.24) is 4.90 Å². The Morgan fingerprint density at radius 1 is 1.25 bits per heavy atom. The molecule has 0 N–H and O–H groups in total. The van der Waals surface area contributed by atoms with E-state index in [0.717, 1.165) is 22.3 Å². The number of benzene rings is 1. The minimum Gasteiger partial charge on any atom is -0.295 e. The van der Waals surface area contributed by atoms with Crippen molar-refractivity contribution in [3.05, 3.63) is 56.2 Å². The highest BCUT2D eigenvalue weighted by molar-refractivity contribution is 9.10. The first-order valence-corrected chi connectivity index (χ1v) is 8.25. The van der Waals surface area contributed by atoms with Crippen LogP contribution in [0.15, 0.2) is 40.9 Å². The molecule has 106 valence electrons. The highest BCUT2D eigenvalue weighted by Crippen LogP contribution is 2.19. The quantitative estimate of drug-likeness (QED) is 0.719. The van der Waals surface area contributed by atoms with Crippen molar-refractivity contribution < 1.29 is 4.79 Å². The molecule has 2 aromatic rings. The second-order valence-electron chi connectivity index (χ2n) is 4.81. The number of hydrogen-bond donors (Lipinski definition) is 0. The van der Waals surface area contributed by atoms with Gasteiger partial charge < -0.3 is 0 Å². The fraction of sp³-hybridized carbons (Fsp3) is 0.312. The van der Waals surface area contributed by atoms with Gasteiger partial charge in [0.15, 0.2) is 5.78 Å². The predicted octanol–water partition coefficient (Wildman–Crippen LogP) is 4.39. The van der Waals surface area contributed by atoms with Crippen LogP contribution in [0.2, 0.25) is 0 Å². The molecule has 0 aliphatic rings. The Bertz CT molecular complexity index is 594. The van der Waals surface area contributed by atoms with Gasteiger partial charge in [0.2, 0.25) is 0 Å². The predicted molar refractivity (Wildman–Crippen MR) is 88.5 cm³/mol. The molecule has 0 atom stereocenters. The monoisotopic (exact) mass is 351 g/mol. The van der Waals surface area contributed by atoms with Crippen molar-refractivity contribution in [1.29, 1.82) is 0 Å². The topological polar surface area (TPSA) is 20.3 Å². The molecule has 4 heteroatoms. The van der Waals surface area contributed by atoms with E-state index in [1.54, 1.807) is 11.3 Å². The number of thiophene rings is 1. The van der Waals surface area contributed by atoms with Gasteiger partial charge in [-0.1, -0.05) is 41.1 Å². The van der Waals surface area contributed by atoms with Gasteiger partial charge in [0, 0.05) is 15.9 Å². The molecule has 0 aliphatic carbocycles. The van der Waals surface area contributed by atoms with Crippen molar-refractivity contribution in [3.63, 3.8) is 0 Å². The summed E-state index contributed by atoms with van der Waals surface area (Å²) in [5.74, 6) is 0.198. The van der Waals surface area contributed by atoms with Crippen LogP contribution in [-0.2, 0) is 13.0 Å². The van der Waals surface area contributed by atoms with Crippen LogP contribution >= 0.6 is 27.3 Å². The van der Waals surface area contributed by atoms with Crippen molar-refractivity contribution in [2.45, 2.75) is 19.9 Å². The van der Waals surface area contributed by atoms with E-state index >= 15 is 0 Å². The van der Waals surface area contributed by atoms with E-state index in [2.05, 4.69) is 28.9 Å². The van der Waals surface area contributed by atoms with Gasteiger partial charge in [0.1, 0.15) is 0 Å². The summed E-state index contributed by atoms with van der Waals surface area (Å²) in [7, 11) is 1.98. The summed E-state index contributed by atoms with van der Waals surface area (Å²) >= 11 is 5.15. The molecule has 0 bridgehead atoms. The number of carbonyl (C=O) groups excluding carboxylic acids is 1. The molecular formula is C16H18BrNOS. The second kappa shape index (κ2) is 7.16. The summed E-state index contributed by atoms with van der Waals surface area (Å²) in [5.41, 5.74) is 1.20. The lowest BCUT2D eigenvalue weighted by atomic mass is 10.2. The third-order valence-electron chi connectivity index (χ3n) is 3.10. The van der Waals surface area contributed by atoms with Crippen molar-refractivity contribution in [2.24, 2.45) is 0 Å². The molecular weight excluding hydrogens is 334 g/mol. The van der Waals surface area contributed by atoms with E-state index in [4.69, 9.17) is 0 Å². The van der Waals surface area contributed by atoms with Gasteiger partial charge in [-0.25, -0.2) is 0 Å². The fourth-order valence-electron chi connectivity index (χ4n) is 2.01. The lowest BCUT2D eigenvalue weighted by Crippen LogP contribution is -2.25. The molecule has 0 saturated heterocycles. The minimum absolute atomic E-state index is 0.198. The number of ketones is 1. The van der Waals surface area contributed by atoms with Crippen molar-refractivity contribution >= 4 is 33.0 Å². The molecule has 0 unspecified atom stereocenters. The van der Waals surface area contributed by atoms with Gasteiger partial charge in [-0.15, -0.1) is 11.3 Å². The van der Waals surface area contributed by atoms with Crippen LogP contribution < -0.4 is 0 Å². The Hall–Kier alpha value is -0.970. The smallest absolute Gasteiger partial charge is 0.186 e. The highest BCUT2D eigenvalue weighted by atomic mass is 79.9. The van der Waals surface area contributed by atoms with Crippen molar-refractivity contribution in [2.75, 3.05) is 13.6 Å². The first kappa shape index (κ1) is 15.4. The number of nitrogens with zero attached hydrogens (tertiary/aromatic N) is 1. The zero-order valence-corrected chi connectivity index (χ0v) is 14.1. The Kier molecular flexibility index (Phi) is 5.52. The van der Waals surface area contributed by atoms with Crippen molar-refractivity contribution in [3.8, 4) is 0 Å². The average molecular weight is 352 g/mol. The molecule has 1 aromatic heterocycles. The first-order chi connectivity index (χ1) is 9.60. The van der Waals surface area contributed by atoms with Gasteiger partial charge in [-0.05, 0) is 37.2 Å². The van der Waals surface area contributed by atoms with Crippen LogP contribution in [0.3, 0.4) is 0 Å². The van der Waals surface area contributed by atoms with Gasteiger partial charge in [0.05, 0.1) is 11.4 Å². The molecule has 0 radical (unpaired) electrons. The maximum absolute atomic E-state index is 12.2. The first-order valence-electron chi connectivity index (χ1n) is 6.64. The summed E-state index contributed by atoms with van der Waals surface area (Å²) in [5, 5.41) is 0. The van der Waals surface area contributed by atoms with E-state index in [9.17, 15) is 4.79 Å². The SMILES string of the molecule is CCc1ccc(C(=O)CN(C)Cc2ccccc2Br)s1. The van der Waals surface area contributed by atoms with Crippen LogP contribution in [-0.4, -0.2) is 24.3 Å².